The molecule has 25 heavy (non-hydrogen) atoms. The monoisotopic (exact) mass is 373 g/mol. The van der Waals surface area contributed by atoms with Gasteiger partial charge in [-0.15, -0.1) is 0 Å². The van der Waals surface area contributed by atoms with E-state index in [0.717, 1.165) is 5.56 Å². The lowest BCUT2D eigenvalue weighted by Crippen LogP contribution is -2.36. The van der Waals surface area contributed by atoms with E-state index in [1.54, 1.807) is 55.5 Å². The zero-order chi connectivity index (χ0) is 18.0. The van der Waals surface area contributed by atoms with Crippen molar-refractivity contribution < 1.29 is 14.0 Å². The summed E-state index contributed by atoms with van der Waals surface area (Å²) in [5.74, 6) is 0.724. The Morgan fingerprint density at radius 1 is 1.32 bits per heavy atom. The molecule has 2 amide bonds. The summed E-state index contributed by atoms with van der Waals surface area (Å²) in [6, 6.07) is 10.7. The molecule has 0 unspecified atom stereocenters. The van der Waals surface area contributed by atoms with Gasteiger partial charge >= 0.3 is 0 Å². The van der Waals surface area contributed by atoms with Crippen molar-refractivity contribution >= 4 is 46.2 Å². The highest BCUT2D eigenvalue weighted by Gasteiger charge is 2.22. The van der Waals surface area contributed by atoms with Gasteiger partial charge in [-0.05, 0) is 24.3 Å². The van der Waals surface area contributed by atoms with Crippen LogP contribution in [0.2, 0.25) is 0 Å². The Morgan fingerprint density at radius 2 is 2.12 bits per heavy atom. The average Bonchev–Trinajstić information content (AvgIpc) is 3.14. The molecule has 2 aromatic rings. The molecular formula is C17H15N3O3S2. The molecule has 1 aliphatic rings. The van der Waals surface area contributed by atoms with Gasteiger partial charge < -0.3 is 9.73 Å². The van der Waals surface area contributed by atoms with Crippen molar-refractivity contribution in [1.82, 2.24) is 15.8 Å². The summed E-state index contributed by atoms with van der Waals surface area (Å²) in [4.78, 5) is 24.3. The fraction of sp³-hybridized carbons (Fsp3) is 0.118. The van der Waals surface area contributed by atoms with Crippen LogP contribution in [0.1, 0.15) is 16.1 Å². The lowest BCUT2D eigenvalue weighted by molar-refractivity contribution is -0.115. The Labute approximate surface area is 154 Å². The lowest BCUT2D eigenvalue weighted by atomic mass is 10.1. The number of thiocarbonyl (C=S) groups is 1. The van der Waals surface area contributed by atoms with Crippen LogP contribution >= 0.6 is 24.0 Å². The van der Waals surface area contributed by atoms with Crippen molar-refractivity contribution in [2.75, 3.05) is 14.1 Å². The maximum Gasteiger partial charge on any atom is 0.265 e. The summed E-state index contributed by atoms with van der Waals surface area (Å²) >= 11 is 6.16. The minimum Gasteiger partial charge on any atom is -0.457 e. The molecule has 2 N–H and O–H groups in total. The third-order valence-corrected chi connectivity index (χ3v) is 4.44. The van der Waals surface area contributed by atoms with Crippen molar-refractivity contribution in [2.24, 2.45) is 0 Å². The molecule has 1 aromatic carbocycles. The number of benzene rings is 1. The standard InChI is InChI=1S/C17H15N3O3S2/c1-20(2)19-15(21)11-5-3-4-10(8-11)13-7-6-12(23-13)9-14-16(22)18-17(24)25-14/h3-9H,1-2H3,(H,19,21)(H,18,22,24). The first-order chi connectivity index (χ1) is 11.9. The van der Waals surface area contributed by atoms with E-state index in [9.17, 15) is 9.59 Å². The number of carbonyl (C=O) groups is 2. The molecule has 0 aliphatic carbocycles. The molecule has 0 radical (unpaired) electrons. The van der Waals surface area contributed by atoms with E-state index in [0.29, 0.717) is 26.3 Å². The van der Waals surface area contributed by atoms with Gasteiger partial charge in [0.05, 0.1) is 4.91 Å². The molecule has 0 saturated carbocycles. The third-order valence-electron chi connectivity index (χ3n) is 3.28. The van der Waals surface area contributed by atoms with Crippen LogP contribution in [-0.4, -0.2) is 35.2 Å². The number of hydrazine groups is 1. The van der Waals surface area contributed by atoms with Crippen LogP contribution in [-0.2, 0) is 4.79 Å². The molecule has 8 heteroatoms. The highest BCUT2D eigenvalue weighted by Crippen LogP contribution is 2.29. The van der Waals surface area contributed by atoms with Crippen molar-refractivity contribution in [1.29, 1.82) is 0 Å². The molecule has 6 nitrogen and oxygen atoms in total. The van der Waals surface area contributed by atoms with E-state index < -0.39 is 0 Å². The number of rotatable bonds is 4. The highest BCUT2D eigenvalue weighted by atomic mass is 32.2. The van der Waals surface area contributed by atoms with Crippen molar-refractivity contribution in [2.45, 2.75) is 0 Å². The molecule has 1 fully saturated rings. The van der Waals surface area contributed by atoms with E-state index in [1.807, 2.05) is 6.07 Å². The van der Waals surface area contributed by atoms with Crippen LogP contribution in [0, 0.1) is 0 Å². The predicted octanol–water partition coefficient (Wildman–Crippen LogP) is 2.64. The fourth-order valence-corrected chi connectivity index (χ4v) is 3.24. The summed E-state index contributed by atoms with van der Waals surface area (Å²) in [6.45, 7) is 0. The number of nitrogens with zero attached hydrogens (tertiary/aromatic N) is 1. The second kappa shape index (κ2) is 7.22. The zero-order valence-electron chi connectivity index (χ0n) is 13.5. The van der Waals surface area contributed by atoms with Gasteiger partial charge in [0.15, 0.2) is 0 Å². The number of furan rings is 1. The summed E-state index contributed by atoms with van der Waals surface area (Å²) < 4.78 is 6.21. The van der Waals surface area contributed by atoms with Gasteiger partial charge in [0.1, 0.15) is 15.8 Å². The minimum atomic E-state index is -0.227. The molecule has 3 rings (SSSR count). The van der Waals surface area contributed by atoms with Crippen LogP contribution in [0.15, 0.2) is 45.7 Å². The molecule has 1 saturated heterocycles. The smallest absolute Gasteiger partial charge is 0.265 e. The average molecular weight is 373 g/mol. The summed E-state index contributed by atoms with van der Waals surface area (Å²) in [5, 5.41) is 4.14. The SMILES string of the molecule is CN(C)NC(=O)c1cccc(-c2ccc(C=C3SC(=S)NC3=O)o2)c1. The number of hydrogen-bond donors (Lipinski definition) is 2. The van der Waals surface area contributed by atoms with Crippen LogP contribution in [0.25, 0.3) is 17.4 Å². The maximum atomic E-state index is 12.1. The largest absolute Gasteiger partial charge is 0.457 e. The molecule has 0 bridgehead atoms. The Balaban J connectivity index is 1.83. The van der Waals surface area contributed by atoms with E-state index in [2.05, 4.69) is 10.7 Å². The number of hydrogen-bond acceptors (Lipinski definition) is 6. The molecule has 0 spiro atoms. The Bertz CT molecular complexity index is 887. The van der Waals surface area contributed by atoms with E-state index in [1.165, 1.54) is 11.8 Å². The zero-order valence-corrected chi connectivity index (χ0v) is 15.2. The molecule has 1 aliphatic heterocycles. The first-order valence-corrected chi connectivity index (χ1v) is 8.58. The Kier molecular flexibility index (Phi) is 5.03. The normalized spacial score (nSPS) is 15.7. The van der Waals surface area contributed by atoms with Crippen molar-refractivity contribution in [3.8, 4) is 11.3 Å². The van der Waals surface area contributed by atoms with Gasteiger partial charge in [0, 0.05) is 31.3 Å². The number of thioether (sulfide) groups is 1. The molecule has 0 atom stereocenters. The number of carbonyl (C=O) groups excluding carboxylic acids is 2. The maximum absolute atomic E-state index is 12.1. The quantitative estimate of drug-likeness (QED) is 0.488. The van der Waals surface area contributed by atoms with Crippen LogP contribution in [0.3, 0.4) is 0 Å². The summed E-state index contributed by atoms with van der Waals surface area (Å²) in [6.07, 6.45) is 1.64. The minimum absolute atomic E-state index is 0.201. The first kappa shape index (κ1) is 17.4. The van der Waals surface area contributed by atoms with E-state index in [4.69, 9.17) is 16.6 Å². The number of nitrogens with one attached hydrogen (secondary N) is 2. The second-order valence-corrected chi connectivity index (χ2v) is 7.19. The number of amides is 2. The van der Waals surface area contributed by atoms with Gasteiger partial charge in [-0.3, -0.25) is 15.0 Å². The Hall–Kier alpha value is -2.42. The predicted molar refractivity (Wildman–Crippen MR) is 102 cm³/mol. The fourth-order valence-electron chi connectivity index (χ4n) is 2.22. The van der Waals surface area contributed by atoms with Gasteiger partial charge in [-0.1, -0.05) is 36.1 Å². The van der Waals surface area contributed by atoms with Gasteiger partial charge in [-0.25, -0.2) is 5.01 Å². The van der Waals surface area contributed by atoms with E-state index in [-0.39, 0.29) is 11.8 Å². The van der Waals surface area contributed by atoms with Crippen LogP contribution < -0.4 is 10.7 Å². The summed E-state index contributed by atoms with van der Waals surface area (Å²) in [5.41, 5.74) is 3.99. The second-order valence-electron chi connectivity index (χ2n) is 5.47. The van der Waals surface area contributed by atoms with Crippen LogP contribution in [0.5, 0.6) is 0 Å². The molecule has 2 heterocycles. The van der Waals surface area contributed by atoms with E-state index >= 15 is 0 Å². The third kappa shape index (κ3) is 4.16. The Morgan fingerprint density at radius 3 is 2.80 bits per heavy atom. The summed E-state index contributed by atoms with van der Waals surface area (Å²) in [7, 11) is 3.49. The highest BCUT2D eigenvalue weighted by molar-refractivity contribution is 8.26. The lowest BCUT2D eigenvalue weighted by Gasteiger charge is -2.12. The molecule has 128 valence electrons. The van der Waals surface area contributed by atoms with Gasteiger partial charge in [0.25, 0.3) is 11.8 Å². The molecule has 1 aromatic heterocycles. The van der Waals surface area contributed by atoms with Crippen LogP contribution in [0.4, 0.5) is 0 Å². The van der Waals surface area contributed by atoms with Crippen molar-refractivity contribution in [3.05, 3.63) is 52.6 Å². The topological polar surface area (TPSA) is 74.6 Å². The van der Waals surface area contributed by atoms with Crippen molar-refractivity contribution in [3.63, 3.8) is 0 Å². The molecular weight excluding hydrogens is 358 g/mol. The van der Waals surface area contributed by atoms with Gasteiger partial charge in [0.2, 0.25) is 0 Å². The first-order valence-electron chi connectivity index (χ1n) is 7.36. The van der Waals surface area contributed by atoms with Gasteiger partial charge in [-0.2, -0.15) is 0 Å².